The molecule has 8 heteroatoms. The van der Waals surface area contributed by atoms with Crippen LogP contribution < -0.4 is 0 Å². The van der Waals surface area contributed by atoms with Gasteiger partial charge in [0.1, 0.15) is 0 Å². The summed E-state index contributed by atoms with van der Waals surface area (Å²) < 4.78 is 0. The first kappa shape index (κ1) is 21.4. The van der Waals surface area contributed by atoms with Crippen LogP contribution in [-0.4, -0.2) is 44.3 Å². The monoisotopic (exact) mass is 458 g/mol. The van der Waals surface area contributed by atoms with Crippen LogP contribution in [0.5, 0.6) is 0 Å². The maximum Gasteiger partial charge on any atom is 0.336 e. The zero-order valence-corrected chi connectivity index (χ0v) is 18.0. The average Bonchev–Trinajstić information content (AvgIpc) is 2.80. The van der Waals surface area contributed by atoms with E-state index in [1.807, 2.05) is 38.1 Å². The van der Waals surface area contributed by atoms with Gasteiger partial charge in [-0.15, -0.1) is 0 Å². The van der Waals surface area contributed by atoms with Crippen molar-refractivity contribution < 1.29 is 39.6 Å². The molecule has 34 heavy (non-hydrogen) atoms. The van der Waals surface area contributed by atoms with Crippen molar-refractivity contribution in [1.82, 2.24) is 0 Å². The van der Waals surface area contributed by atoms with E-state index in [9.17, 15) is 39.6 Å². The third-order valence-corrected chi connectivity index (χ3v) is 7.40. The van der Waals surface area contributed by atoms with Gasteiger partial charge in [0.2, 0.25) is 0 Å². The fourth-order valence-electron chi connectivity index (χ4n) is 5.79. The SMILES string of the molecule is CC12c3ccccc3C(C)(c3cc(C(=O)O)c(C(=O)O)cc31)c1cc(C(=O)O)c(C(=O)O)cc12. The molecule has 0 aliphatic heterocycles. The summed E-state index contributed by atoms with van der Waals surface area (Å²) in [6.07, 6.45) is 0. The molecule has 0 fully saturated rings. The van der Waals surface area contributed by atoms with E-state index in [0.717, 1.165) is 11.1 Å². The lowest BCUT2D eigenvalue weighted by atomic mass is 9.47. The summed E-state index contributed by atoms with van der Waals surface area (Å²) >= 11 is 0. The van der Waals surface area contributed by atoms with Crippen molar-refractivity contribution in [3.8, 4) is 0 Å². The van der Waals surface area contributed by atoms with Crippen molar-refractivity contribution in [2.45, 2.75) is 24.7 Å². The van der Waals surface area contributed by atoms with E-state index in [2.05, 4.69) is 0 Å². The normalized spacial score (nSPS) is 21.2. The second-order valence-electron chi connectivity index (χ2n) is 8.90. The maximum absolute atomic E-state index is 12.0. The minimum atomic E-state index is -1.39. The molecule has 3 aliphatic rings. The van der Waals surface area contributed by atoms with E-state index in [4.69, 9.17) is 0 Å². The van der Waals surface area contributed by atoms with Crippen LogP contribution in [0.3, 0.4) is 0 Å². The number of carbonyl (C=O) groups is 4. The third-order valence-electron chi connectivity index (χ3n) is 7.40. The highest BCUT2D eigenvalue weighted by Gasteiger charge is 2.55. The Kier molecular flexibility index (Phi) is 4.11. The average molecular weight is 458 g/mol. The van der Waals surface area contributed by atoms with Crippen LogP contribution in [0.2, 0.25) is 0 Å². The molecular formula is C26H18O8. The third kappa shape index (κ3) is 2.37. The number of hydrogen-bond donors (Lipinski definition) is 4. The van der Waals surface area contributed by atoms with Crippen LogP contribution in [-0.2, 0) is 10.8 Å². The van der Waals surface area contributed by atoms with Crippen LogP contribution in [0.25, 0.3) is 0 Å². The molecular weight excluding hydrogens is 440 g/mol. The Hall–Kier alpha value is -4.46. The molecule has 170 valence electrons. The minimum Gasteiger partial charge on any atom is -0.478 e. The van der Waals surface area contributed by atoms with Gasteiger partial charge < -0.3 is 20.4 Å². The Bertz CT molecular complexity index is 1300. The number of hydrogen-bond acceptors (Lipinski definition) is 4. The lowest BCUT2D eigenvalue weighted by Crippen LogP contribution is -2.48. The first-order chi connectivity index (χ1) is 15.9. The van der Waals surface area contributed by atoms with Crippen LogP contribution >= 0.6 is 0 Å². The molecule has 8 nitrogen and oxygen atoms in total. The maximum atomic E-state index is 12.0. The van der Waals surface area contributed by atoms with Gasteiger partial charge in [-0.2, -0.15) is 0 Å². The topological polar surface area (TPSA) is 149 Å². The molecule has 2 bridgehead atoms. The Morgan fingerprint density at radius 2 is 0.735 bits per heavy atom. The fraction of sp³-hybridized carbons (Fsp3) is 0.154. The zero-order valence-electron chi connectivity index (χ0n) is 18.0. The number of carboxylic acids is 4. The van der Waals surface area contributed by atoms with E-state index in [-0.39, 0.29) is 22.3 Å². The van der Waals surface area contributed by atoms with Crippen molar-refractivity contribution in [2.75, 3.05) is 0 Å². The quantitative estimate of drug-likeness (QED) is 0.461. The molecule has 4 N–H and O–H groups in total. The molecule has 0 radical (unpaired) electrons. The lowest BCUT2D eigenvalue weighted by molar-refractivity contribution is 0.0650. The van der Waals surface area contributed by atoms with Crippen molar-refractivity contribution >= 4 is 23.9 Å². The van der Waals surface area contributed by atoms with E-state index in [1.165, 1.54) is 24.3 Å². The standard InChI is InChI=1S/C26H18O8/c1-25-15-5-3-4-6-16(15)26(2,19-9-13(23(31)32)11(21(27)28)7-17(19)25)20-10-14(24(33)34)12(22(29)30)8-18(20)25/h3-10H,1-2H3,(H,27,28)(H,29,30)(H,31,32)(H,33,34). The summed E-state index contributed by atoms with van der Waals surface area (Å²) in [7, 11) is 0. The minimum absolute atomic E-state index is 0.372. The van der Waals surface area contributed by atoms with E-state index < -0.39 is 34.7 Å². The van der Waals surface area contributed by atoms with Gasteiger partial charge >= 0.3 is 23.9 Å². The molecule has 0 aromatic heterocycles. The molecule has 0 spiro atoms. The van der Waals surface area contributed by atoms with E-state index >= 15 is 0 Å². The largest absolute Gasteiger partial charge is 0.478 e. The van der Waals surface area contributed by atoms with Gasteiger partial charge in [0.25, 0.3) is 0 Å². The number of rotatable bonds is 4. The number of benzene rings is 3. The van der Waals surface area contributed by atoms with Gasteiger partial charge in [0, 0.05) is 10.8 Å². The molecule has 3 aromatic rings. The molecule has 0 amide bonds. The second kappa shape index (κ2) is 6.54. The highest BCUT2D eigenvalue weighted by molar-refractivity contribution is 6.04. The highest BCUT2D eigenvalue weighted by atomic mass is 16.4. The summed E-state index contributed by atoms with van der Waals surface area (Å²) in [5.74, 6) is -5.57. The molecule has 3 aliphatic carbocycles. The van der Waals surface area contributed by atoms with Gasteiger partial charge in [-0.1, -0.05) is 24.3 Å². The summed E-state index contributed by atoms with van der Waals surface area (Å²) in [5, 5.41) is 38.9. The van der Waals surface area contributed by atoms with Crippen molar-refractivity contribution in [3.63, 3.8) is 0 Å². The second-order valence-corrected chi connectivity index (χ2v) is 8.90. The van der Waals surface area contributed by atoms with Gasteiger partial charge in [0.05, 0.1) is 22.3 Å². The van der Waals surface area contributed by atoms with Crippen LogP contribution in [0.4, 0.5) is 0 Å². The Balaban J connectivity index is 2.00. The predicted molar refractivity (Wildman–Crippen MR) is 118 cm³/mol. The van der Waals surface area contributed by atoms with Crippen LogP contribution in [0.15, 0.2) is 48.5 Å². The van der Waals surface area contributed by atoms with Gasteiger partial charge in [-0.25, -0.2) is 19.2 Å². The van der Waals surface area contributed by atoms with Crippen molar-refractivity contribution in [3.05, 3.63) is 104 Å². The predicted octanol–water partition coefficient (Wildman–Crippen LogP) is 3.81. The Morgan fingerprint density at radius 1 is 0.500 bits per heavy atom. The molecule has 0 saturated carbocycles. The highest BCUT2D eigenvalue weighted by Crippen LogP contribution is 2.62. The summed E-state index contributed by atoms with van der Waals surface area (Å²) in [6, 6.07) is 12.8. The van der Waals surface area contributed by atoms with Crippen LogP contribution in [0.1, 0.15) is 88.7 Å². The molecule has 0 atom stereocenters. The van der Waals surface area contributed by atoms with Crippen LogP contribution in [0, 0.1) is 0 Å². The summed E-state index contributed by atoms with van der Waals surface area (Å²) in [5.41, 5.74) is 0.242. The number of carboxylic acid groups (broad SMARTS) is 4. The number of aromatic carboxylic acids is 4. The zero-order chi connectivity index (χ0) is 24.7. The first-order valence-electron chi connectivity index (χ1n) is 10.3. The van der Waals surface area contributed by atoms with Gasteiger partial charge in [0.15, 0.2) is 0 Å². The summed E-state index contributed by atoms with van der Waals surface area (Å²) in [6.45, 7) is 3.64. The van der Waals surface area contributed by atoms with Gasteiger partial charge in [-0.05, 0) is 71.5 Å². The fourth-order valence-corrected chi connectivity index (χ4v) is 5.79. The molecule has 0 unspecified atom stereocenters. The van der Waals surface area contributed by atoms with Crippen molar-refractivity contribution in [2.24, 2.45) is 0 Å². The van der Waals surface area contributed by atoms with Crippen molar-refractivity contribution in [1.29, 1.82) is 0 Å². The lowest BCUT2D eigenvalue weighted by Gasteiger charge is -2.54. The first-order valence-corrected chi connectivity index (χ1v) is 10.3. The smallest absolute Gasteiger partial charge is 0.336 e. The molecule has 0 heterocycles. The van der Waals surface area contributed by atoms with E-state index in [0.29, 0.717) is 22.3 Å². The Labute approximate surface area is 192 Å². The molecule has 0 saturated heterocycles. The molecule has 6 rings (SSSR count). The molecule has 3 aromatic carbocycles. The Morgan fingerprint density at radius 3 is 0.941 bits per heavy atom. The van der Waals surface area contributed by atoms with Gasteiger partial charge in [-0.3, -0.25) is 0 Å². The van der Waals surface area contributed by atoms with E-state index in [1.54, 1.807) is 0 Å². The summed E-state index contributed by atoms with van der Waals surface area (Å²) in [4.78, 5) is 47.8.